The fourth-order valence-corrected chi connectivity index (χ4v) is 3.01. The number of hydrogen-bond acceptors (Lipinski definition) is 2. The lowest BCUT2D eigenvalue weighted by molar-refractivity contribution is -0.117. The summed E-state index contributed by atoms with van der Waals surface area (Å²) in [5, 5.41) is 7.03. The van der Waals surface area contributed by atoms with Gasteiger partial charge < -0.3 is 5.32 Å². The molecule has 0 saturated heterocycles. The highest BCUT2D eigenvalue weighted by Crippen LogP contribution is 2.27. The zero-order valence-electron chi connectivity index (χ0n) is 13.0. The van der Waals surface area contributed by atoms with Gasteiger partial charge in [-0.1, -0.05) is 40.9 Å². The molecule has 0 aliphatic rings. The molecule has 0 radical (unpaired) electrons. The number of anilines is 1. The molecular formula is C17H16Cl3FN2O. The standard InChI is InChI=1S/C17H16Cl3FN2O/c1-9(13-5-3-11(18)7-14(13)19)22-10(2)17(24)23-16-6-4-12(21)8-15(16)20/h3-10,22H,1-2H3,(H,23,24)/t9-,10-/m0/s1. The van der Waals surface area contributed by atoms with Gasteiger partial charge in [0.25, 0.3) is 0 Å². The number of nitrogens with one attached hydrogen (secondary N) is 2. The fraction of sp³-hybridized carbons (Fsp3) is 0.235. The van der Waals surface area contributed by atoms with Crippen LogP contribution >= 0.6 is 34.8 Å². The van der Waals surface area contributed by atoms with Crippen LogP contribution in [0.2, 0.25) is 15.1 Å². The van der Waals surface area contributed by atoms with Crippen molar-refractivity contribution in [3.63, 3.8) is 0 Å². The van der Waals surface area contributed by atoms with Crippen molar-refractivity contribution in [2.75, 3.05) is 5.32 Å². The third kappa shape index (κ3) is 4.84. The Morgan fingerprint density at radius 1 is 1.04 bits per heavy atom. The molecule has 7 heteroatoms. The summed E-state index contributed by atoms with van der Waals surface area (Å²) in [4.78, 5) is 12.3. The maximum Gasteiger partial charge on any atom is 0.241 e. The van der Waals surface area contributed by atoms with Gasteiger partial charge in [0.1, 0.15) is 5.82 Å². The summed E-state index contributed by atoms with van der Waals surface area (Å²) in [6.45, 7) is 3.61. The summed E-state index contributed by atoms with van der Waals surface area (Å²) in [6, 6.07) is 8.31. The molecule has 0 aliphatic heterocycles. The molecular weight excluding hydrogens is 374 g/mol. The molecule has 0 bridgehead atoms. The molecule has 24 heavy (non-hydrogen) atoms. The summed E-state index contributed by atoms with van der Waals surface area (Å²) in [5.74, 6) is -0.754. The Morgan fingerprint density at radius 3 is 2.38 bits per heavy atom. The van der Waals surface area contributed by atoms with Crippen molar-refractivity contribution in [3.8, 4) is 0 Å². The lowest BCUT2D eigenvalue weighted by atomic mass is 10.1. The van der Waals surface area contributed by atoms with E-state index in [9.17, 15) is 9.18 Å². The van der Waals surface area contributed by atoms with Crippen LogP contribution in [0.1, 0.15) is 25.5 Å². The van der Waals surface area contributed by atoms with Crippen molar-refractivity contribution >= 4 is 46.4 Å². The van der Waals surface area contributed by atoms with Gasteiger partial charge in [-0.3, -0.25) is 10.1 Å². The maximum atomic E-state index is 13.0. The average Bonchev–Trinajstić information content (AvgIpc) is 2.49. The Bertz CT molecular complexity index is 755. The molecule has 0 fully saturated rings. The normalized spacial score (nSPS) is 13.4. The van der Waals surface area contributed by atoms with Crippen molar-refractivity contribution in [1.29, 1.82) is 0 Å². The van der Waals surface area contributed by atoms with Crippen LogP contribution in [0.4, 0.5) is 10.1 Å². The Hall–Kier alpha value is -1.33. The van der Waals surface area contributed by atoms with E-state index in [-0.39, 0.29) is 17.0 Å². The van der Waals surface area contributed by atoms with E-state index < -0.39 is 11.9 Å². The number of carbonyl (C=O) groups excluding carboxylic acids is 1. The predicted octanol–water partition coefficient (Wildman–Crippen LogP) is 5.46. The summed E-state index contributed by atoms with van der Waals surface area (Å²) in [5.41, 5.74) is 1.19. The number of carbonyl (C=O) groups is 1. The lowest BCUT2D eigenvalue weighted by Gasteiger charge is -2.21. The van der Waals surface area contributed by atoms with Gasteiger partial charge in [-0.15, -0.1) is 0 Å². The summed E-state index contributed by atoms with van der Waals surface area (Å²) < 4.78 is 13.0. The minimum Gasteiger partial charge on any atom is -0.323 e. The topological polar surface area (TPSA) is 41.1 Å². The molecule has 0 spiro atoms. The van der Waals surface area contributed by atoms with Crippen molar-refractivity contribution in [3.05, 3.63) is 62.8 Å². The Balaban J connectivity index is 2.02. The largest absolute Gasteiger partial charge is 0.323 e. The molecule has 0 unspecified atom stereocenters. The SMILES string of the molecule is C[C@H](N[C@@H](C)c1ccc(Cl)cc1Cl)C(=O)Nc1ccc(F)cc1Cl. The van der Waals surface area contributed by atoms with Crippen LogP contribution in [0.15, 0.2) is 36.4 Å². The smallest absolute Gasteiger partial charge is 0.241 e. The minimum atomic E-state index is -0.520. The number of hydrogen-bond donors (Lipinski definition) is 2. The third-order valence-electron chi connectivity index (χ3n) is 3.51. The van der Waals surface area contributed by atoms with E-state index in [2.05, 4.69) is 10.6 Å². The molecule has 0 aromatic heterocycles. The summed E-state index contributed by atoms with van der Waals surface area (Å²) >= 11 is 18.0. The van der Waals surface area contributed by atoms with Crippen LogP contribution < -0.4 is 10.6 Å². The monoisotopic (exact) mass is 388 g/mol. The van der Waals surface area contributed by atoms with Crippen molar-refractivity contribution < 1.29 is 9.18 Å². The van der Waals surface area contributed by atoms with E-state index in [1.165, 1.54) is 12.1 Å². The Morgan fingerprint density at radius 2 is 1.75 bits per heavy atom. The van der Waals surface area contributed by atoms with E-state index in [0.29, 0.717) is 15.7 Å². The molecule has 1 amide bonds. The first-order valence-corrected chi connectivity index (χ1v) is 8.38. The number of amides is 1. The van der Waals surface area contributed by atoms with Crippen molar-refractivity contribution in [1.82, 2.24) is 5.32 Å². The van der Waals surface area contributed by atoms with E-state index in [1.54, 1.807) is 19.1 Å². The summed E-state index contributed by atoms with van der Waals surface area (Å²) in [6.07, 6.45) is 0. The first-order valence-electron chi connectivity index (χ1n) is 7.25. The van der Waals surface area contributed by atoms with Gasteiger partial charge in [0, 0.05) is 16.1 Å². The number of rotatable bonds is 5. The van der Waals surface area contributed by atoms with Crippen molar-refractivity contribution in [2.45, 2.75) is 25.9 Å². The second-order valence-electron chi connectivity index (χ2n) is 5.39. The second kappa shape index (κ2) is 8.17. The van der Waals surface area contributed by atoms with Crippen LogP contribution in [0.3, 0.4) is 0 Å². The first kappa shape index (κ1) is 19.0. The van der Waals surface area contributed by atoms with Gasteiger partial charge in [0.05, 0.1) is 16.8 Å². The van der Waals surface area contributed by atoms with Gasteiger partial charge in [-0.25, -0.2) is 4.39 Å². The number of halogens is 4. The molecule has 0 saturated carbocycles. The zero-order chi connectivity index (χ0) is 17.9. The van der Waals surface area contributed by atoms with E-state index in [1.807, 2.05) is 13.0 Å². The van der Waals surface area contributed by atoms with Gasteiger partial charge in [0.15, 0.2) is 0 Å². The molecule has 2 aromatic rings. The molecule has 2 N–H and O–H groups in total. The zero-order valence-corrected chi connectivity index (χ0v) is 15.3. The molecule has 3 nitrogen and oxygen atoms in total. The van der Waals surface area contributed by atoms with E-state index in [4.69, 9.17) is 34.8 Å². The van der Waals surface area contributed by atoms with Crippen LogP contribution in [0, 0.1) is 5.82 Å². The minimum absolute atomic E-state index is 0.143. The number of benzene rings is 2. The fourth-order valence-electron chi connectivity index (χ4n) is 2.22. The van der Waals surface area contributed by atoms with Gasteiger partial charge in [-0.05, 0) is 49.7 Å². The van der Waals surface area contributed by atoms with E-state index >= 15 is 0 Å². The van der Waals surface area contributed by atoms with Crippen LogP contribution in [0.5, 0.6) is 0 Å². The van der Waals surface area contributed by atoms with Crippen LogP contribution in [0.25, 0.3) is 0 Å². The van der Waals surface area contributed by atoms with Gasteiger partial charge >= 0.3 is 0 Å². The Labute approximate surface area is 155 Å². The van der Waals surface area contributed by atoms with E-state index in [0.717, 1.165) is 11.6 Å². The molecule has 0 heterocycles. The van der Waals surface area contributed by atoms with Gasteiger partial charge in [0.2, 0.25) is 5.91 Å². The molecule has 2 aromatic carbocycles. The quantitative estimate of drug-likeness (QED) is 0.712. The predicted molar refractivity (Wildman–Crippen MR) is 97.5 cm³/mol. The van der Waals surface area contributed by atoms with Crippen molar-refractivity contribution in [2.24, 2.45) is 0 Å². The van der Waals surface area contributed by atoms with Crippen LogP contribution in [-0.4, -0.2) is 11.9 Å². The molecule has 2 atom stereocenters. The van der Waals surface area contributed by atoms with Crippen LogP contribution in [-0.2, 0) is 4.79 Å². The lowest BCUT2D eigenvalue weighted by Crippen LogP contribution is -2.39. The maximum absolute atomic E-state index is 13.0. The van der Waals surface area contributed by atoms with Gasteiger partial charge in [-0.2, -0.15) is 0 Å². The molecule has 0 aliphatic carbocycles. The highest BCUT2D eigenvalue weighted by Gasteiger charge is 2.19. The highest BCUT2D eigenvalue weighted by molar-refractivity contribution is 6.35. The molecule has 128 valence electrons. The third-order valence-corrected chi connectivity index (χ3v) is 4.39. The average molecular weight is 390 g/mol. The highest BCUT2D eigenvalue weighted by atomic mass is 35.5. The molecule has 2 rings (SSSR count). The second-order valence-corrected chi connectivity index (χ2v) is 6.64. The summed E-state index contributed by atoms with van der Waals surface area (Å²) in [7, 11) is 0. The Kier molecular flexibility index (Phi) is 6.47. The first-order chi connectivity index (χ1) is 11.3.